The van der Waals surface area contributed by atoms with Crippen LogP contribution in [0.2, 0.25) is 0 Å². The number of hydrogen-bond donors (Lipinski definition) is 1. The van der Waals surface area contributed by atoms with Crippen molar-refractivity contribution in [3.05, 3.63) is 75.8 Å². The van der Waals surface area contributed by atoms with Crippen molar-refractivity contribution in [3.8, 4) is 22.6 Å². The molecule has 61 heavy (non-hydrogen) atoms. The van der Waals surface area contributed by atoms with E-state index in [0.29, 0.717) is 35.2 Å². The van der Waals surface area contributed by atoms with Gasteiger partial charge < -0.3 is 33.6 Å². The Morgan fingerprint density at radius 1 is 0.820 bits per heavy atom. The molecule has 1 N–H and O–H groups in total. The Kier molecular flexibility index (Phi) is 10.3. The Morgan fingerprint density at radius 3 is 2.23 bits per heavy atom. The van der Waals surface area contributed by atoms with E-state index < -0.39 is 6.04 Å². The molecule has 6 aliphatic rings. The van der Waals surface area contributed by atoms with Gasteiger partial charge in [-0.3, -0.25) is 29.4 Å². The largest absolute Gasteiger partial charge is 0.496 e. The van der Waals surface area contributed by atoms with Gasteiger partial charge in [-0.25, -0.2) is 4.98 Å². The fourth-order valence-electron chi connectivity index (χ4n) is 10.7. The number of amides is 3. The van der Waals surface area contributed by atoms with Crippen LogP contribution in [0.3, 0.4) is 0 Å². The molecular formula is C47H56N8O6. The Labute approximate surface area is 356 Å². The molecule has 0 bridgehead atoms. The van der Waals surface area contributed by atoms with E-state index in [9.17, 15) is 19.2 Å². The number of hydrogen-bond acceptors (Lipinski definition) is 11. The summed E-state index contributed by atoms with van der Waals surface area (Å²) in [7, 11) is 5.23. The minimum absolute atomic E-state index is 0.0639. The zero-order valence-electron chi connectivity index (χ0n) is 35.6. The van der Waals surface area contributed by atoms with Crippen LogP contribution in [0, 0.1) is 11.3 Å². The molecule has 6 aliphatic heterocycles. The van der Waals surface area contributed by atoms with Crippen LogP contribution < -0.4 is 30.1 Å². The molecular weight excluding hydrogens is 773 g/mol. The maximum Gasteiger partial charge on any atom is 0.259 e. The molecule has 2 aromatic heterocycles. The second kappa shape index (κ2) is 15.8. The molecule has 5 saturated heterocycles. The molecule has 0 saturated carbocycles. The highest BCUT2D eigenvalue weighted by atomic mass is 16.5. The van der Waals surface area contributed by atoms with Gasteiger partial charge in [-0.05, 0) is 112 Å². The van der Waals surface area contributed by atoms with E-state index in [-0.39, 0.29) is 29.7 Å². The van der Waals surface area contributed by atoms with E-state index in [2.05, 4.69) is 54.2 Å². The van der Waals surface area contributed by atoms with Crippen molar-refractivity contribution in [3.63, 3.8) is 0 Å². The molecule has 0 unspecified atom stereocenters. The van der Waals surface area contributed by atoms with E-state index in [1.54, 1.807) is 36.9 Å². The lowest BCUT2D eigenvalue weighted by atomic mass is 9.71. The van der Waals surface area contributed by atoms with Gasteiger partial charge in [0.15, 0.2) is 0 Å². The topological polar surface area (TPSA) is 133 Å². The quantitative estimate of drug-likeness (QED) is 0.228. The molecule has 0 radical (unpaired) electrons. The molecule has 3 amide bonds. The van der Waals surface area contributed by atoms with Crippen LogP contribution in [-0.4, -0.2) is 121 Å². The van der Waals surface area contributed by atoms with Crippen LogP contribution in [0.4, 0.5) is 11.5 Å². The maximum atomic E-state index is 13.4. The van der Waals surface area contributed by atoms with Gasteiger partial charge in [-0.15, -0.1) is 0 Å². The highest BCUT2D eigenvalue weighted by Gasteiger charge is 2.46. The van der Waals surface area contributed by atoms with Crippen LogP contribution in [-0.2, 0) is 29.7 Å². The third-order valence-corrected chi connectivity index (χ3v) is 14.6. The molecule has 14 nitrogen and oxygen atoms in total. The van der Waals surface area contributed by atoms with Crippen LogP contribution >= 0.6 is 0 Å². The Bertz CT molecular complexity index is 2430. The van der Waals surface area contributed by atoms with Gasteiger partial charge in [0.1, 0.15) is 23.4 Å². The number of rotatable bonds is 10. The molecule has 10 rings (SSSR count). The van der Waals surface area contributed by atoms with Gasteiger partial charge in [0, 0.05) is 99.3 Å². The summed E-state index contributed by atoms with van der Waals surface area (Å²) in [6, 6.07) is 11.8. The third-order valence-electron chi connectivity index (χ3n) is 14.6. The minimum Gasteiger partial charge on any atom is -0.496 e. The Morgan fingerprint density at radius 2 is 1.56 bits per heavy atom. The molecule has 8 heterocycles. The van der Waals surface area contributed by atoms with Crippen molar-refractivity contribution in [1.29, 1.82) is 0 Å². The number of likely N-dealkylation sites (tertiary alicyclic amines) is 2. The van der Waals surface area contributed by atoms with Crippen molar-refractivity contribution < 1.29 is 23.9 Å². The van der Waals surface area contributed by atoms with Gasteiger partial charge in [-0.2, -0.15) is 0 Å². The van der Waals surface area contributed by atoms with Crippen molar-refractivity contribution in [1.82, 2.24) is 29.6 Å². The SMILES string of the molecule is COc1cc(-c2cn(C)c(=O)c3cnc(N4CCC4)cc23)cc(OC)c1CN1CCC(CN2CCC3(CC2)CN(c2ccc4c(c2)C(=O)N([C@H]2CCC(=O)NC2=O)C4)C3)CC1. The fraction of sp³-hybridized carbons (Fsp3) is 0.511. The first-order valence-corrected chi connectivity index (χ1v) is 22.1. The zero-order chi connectivity index (χ0) is 42.0. The van der Waals surface area contributed by atoms with Crippen molar-refractivity contribution in [2.45, 2.75) is 64.1 Å². The first-order valence-electron chi connectivity index (χ1n) is 22.1. The number of fused-ring (bicyclic) bond motifs is 2. The third kappa shape index (κ3) is 7.30. The van der Waals surface area contributed by atoms with Gasteiger partial charge in [-0.1, -0.05) is 6.07 Å². The average Bonchev–Trinajstić information content (AvgIpc) is 3.56. The number of anilines is 2. The van der Waals surface area contributed by atoms with Crippen LogP contribution in [0.15, 0.2) is 53.6 Å². The smallest absolute Gasteiger partial charge is 0.259 e. The number of carbonyl (C=O) groups excluding carboxylic acids is 3. The highest BCUT2D eigenvalue weighted by Crippen LogP contribution is 2.44. The summed E-state index contributed by atoms with van der Waals surface area (Å²) < 4.78 is 13.7. The molecule has 320 valence electrons. The molecule has 0 aliphatic carbocycles. The second-order valence-electron chi connectivity index (χ2n) is 18.4. The number of imide groups is 1. The summed E-state index contributed by atoms with van der Waals surface area (Å²) in [6.07, 6.45) is 10.1. The zero-order valence-corrected chi connectivity index (χ0v) is 35.6. The van der Waals surface area contributed by atoms with Gasteiger partial charge in [0.2, 0.25) is 11.8 Å². The van der Waals surface area contributed by atoms with Gasteiger partial charge in [0.25, 0.3) is 11.5 Å². The number of nitrogens with one attached hydrogen (secondary N) is 1. The van der Waals surface area contributed by atoms with Crippen LogP contribution in [0.1, 0.15) is 66.4 Å². The number of nitrogens with zero attached hydrogens (tertiary/aromatic N) is 7. The summed E-state index contributed by atoms with van der Waals surface area (Å²) in [5.41, 5.74) is 5.90. The summed E-state index contributed by atoms with van der Waals surface area (Å²) in [4.78, 5) is 66.8. The predicted octanol–water partition coefficient (Wildman–Crippen LogP) is 4.40. The van der Waals surface area contributed by atoms with E-state index in [4.69, 9.17) is 9.47 Å². The molecule has 1 atom stereocenters. The number of ether oxygens (including phenoxy) is 2. The Balaban J connectivity index is 0.727. The van der Waals surface area contributed by atoms with E-state index in [1.807, 2.05) is 18.3 Å². The highest BCUT2D eigenvalue weighted by molar-refractivity contribution is 6.05. The second-order valence-corrected chi connectivity index (χ2v) is 18.4. The van der Waals surface area contributed by atoms with E-state index >= 15 is 0 Å². The lowest BCUT2D eigenvalue weighted by molar-refractivity contribution is -0.136. The monoisotopic (exact) mass is 828 g/mol. The molecule has 2 aromatic carbocycles. The lowest BCUT2D eigenvalue weighted by Gasteiger charge is -2.55. The number of aryl methyl sites for hydroxylation is 1. The van der Waals surface area contributed by atoms with Crippen molar-refractivity contribution in [2.75, 3.05) is 82.9 Å². The number of benzene rings is 2. The normalized spacial score (nSPS) is 22.0. The van der Waals surface area contributed by atoms with Gasteiger partial charge in [0.05, 0.1) is 25.2 Å². The average molecular weight is 829 g/mol. The fourth-order valence-corrected chi connectivity index (χ4v) is 10.7. The van der Waals surface area contributed by atoms with E-state index in [0.717, 1.165) is 135 Å². The number of pyridine rings is 2. The number of aromatic nitrogens is 2. The van der Waals surface area contributed by atoms with Crippen molar-refractivity contribution in [2.24, 2.45) is 18.4 Å². The molecule has 1 spiro atoms. The van der Waals surface area contributed by atoms with Crippen LogP contribution in [0.5, 0.6) is 11.5 Å². The lowest BCUT2D eigenvalue weighted by Crippen LogP contribution is -2.60. The predicted molar refractivity (Wildman–Crippen MR) is 233 cm³/mol. The molecule has 5 fully saturated rings. The van der Waals surface area contributed by atoms with Crippen LogP contribution in [0.25, 0.3) is 21.9 Å². The van der Waals surface area contributed by atoms with E-state index in [1.165, 1.54) is 12.8 Å². The first-order chi connectivity index (χ1) is 29.6. The summed E-state index contributed by atoms with van der Waals surface area (Å²) >= 11 is 0. The Hall–Kier alpha value is -5.47. The molecule has 4 aromatic rings. The number of carbonyl (C=O) groups is 3. The van der Waals surface area contributed by atoms with Gasteiger partial charge >= 0.3 is 0 Å². The summed E-state index contributed by atoms with van der Waals surface area (Å²) in [6.45, 7) is 10.6. The molecule has 14 heteroatoms. The number of methoxy groups -OCH3 is 2. The standard InChI is InChI=1S/C47H56N8O6/c1-50-26-37(35-22-42(53-13-4-14-53)48-23-36(35)45(50)58)32-19-40(60-2)38(41(20-32)61-3)27-51-15-9-30(10-16-51)24-52-17-11-47(12-18-52)28-54(29-47)33-6-5-31-25-55(46(59)34(31)21-33)39-7-8-43(56)49-44(39)57/h5-6,19-23,26,30,39H,4,7-18,24-25,27-29H2,1-3H3,(H,49,56,57)/t39-/m0/s1. The van der Waals surface area contributed by atoms with Crippen molar-refractivity contribution >= 4 is 40.0 Å². The minimum atomic E-state index is -0.590. The number of piperidine rings is 3. The summed E-state index contributed by atoms with van der Waals surface area (Å²) in [5.74, 6) is 2.39. The maximum absolute atomic E-state index is 13.4. The summed E-state index contributed by atoms with van der Waals surface area (Å²) in [5, 5.41) is 3.87. The first kappa shape index (κ1) is 39.7.